The van der Waals surface area contributed by atoms with Gasteiger partial charge in [0.15, 0.2) is 0 Å². The van der Waals surface area contributed by atoms with Gasteiger partial charge in [-0.2, -0.15) is 0 Å². The van der Waals surface area contributed by atoms with Crippen molar-refractivity contribution in [3.63, 3.8) is 0 Å². The number of hydrogen-bond acceptors (Lipinski definition) is 3. The molecule has 1 heterocycles. The molecule has 3 heteroatoms. The van der Waals surface area contributed by atoms with E-state index >= 15 is 0 Å². The number of anilines is 1. The number of nitrogens with zero attached hydrogens (tertiary/aromatic N) is 2. The van der Waals surface area contributed by atoms with E-state index in [0.717, 1.165) is 18.3 Å². The molecule has 0 spiro atoms. The lowest BCUT2D eigenvalue weighted by atomic mass is 10.2. The van der Waals surface area contributed by atoms with Crippen LogP contribution in [0, 0.1) is 5.92 Å². The first-order chi connectivity index (χ1) is 8.20. The summed E-state index contributed by atoms with van der Waals surface area (Å²) in [7, 11) is 1.94. The molecule has 0 aliphatic heterocycles. The van der Waals surface area contributed by atoms with Crippen molar-refractivity contribution in [3.8, 4) is 0 Å². The van der Waals surface area contributed by atoms with Crippen molar-refractivity contribution < 1.29 is 0 Å². The van der Waals surface area contributed by atoms with E-state index in [1.165, 1.54) is 24.9 Å². The first kappa shape index (κ1) is 12.4. The van der Waals surface area contributed by atoms with Crippen LogP contribution >= 0.6 is 0 Å². The fourth-order valence-corrected chi connectivity index (χ4v) is 2.10. The van der Waals surface area contributed by atoms with Gasteiger partial charge in [-0.15, -0.1) is 0 Å². The number of pyridine rings is 1. The van der Waals surface area contributed by atoms with Crippen LogP contribution in [0.15, 0.2) is 18.3 Å². The molecular formula is C14H23N3. The molecular weight excluding hydrogens is 210 g/mol. The van der Waals surface area contributed by atoms with Gasteiger partial charge in [-0.3, -0.25) is 4.90 Å². The Labute approximate surface area is 104 Å². The highest BCUT2D eigenvalue weighted by Gasteiger charge is 2.25. The lowest BCUT2D eigenvalue weighted by molar-refractivity contribution is 0.204. The molecule has 0 atom stereocenters. The van der Waals surface area contributed by atoms with Crippen molar-refractivity contribution in [3.05, 3.63) is 23.9 Å². The fourth-order valence-electron chi connectivity index (χ4n) is 2.10. The second kappa shape index (κ2) is 5.50. The zero-order valence-electron chi connectivity index (χ0n) is 11.1. The third-order valence-corrected chi connectivity index (χ3v) is 3.42. The summed E-state index contributed by atoms with van der Waals surface area (Å²) in [5.74, 6) is 1.95. The van der Waals surface area contributed by atoms with Gasteiger partial charge in [-0.1, -0.05) is 6.07 Å². The van der Waals surface area contributed by atoms with Crippen molar-refractivity contribution in [2.24, 2.45) is 5.92 Å². The lowest BCUT2D eigenvalue weighted by Gasteiger charge is -2.27. The molecule has 1 saturated carbocycles. The quantitative estimate of drug-likeness (QED) is 0.819. The van der Waals surface area contributed by atoms with Gasteiger partial charge in [-0.05, 0) is 38.7 Å². The van der Waals surface area contributed by atoms with Gasteiger partial charge in [0.2, 0.25) is 0 Å². The third-order valence-electron chi connectivity index (χ3n) is 3.42. The van der Waals surface area contributed by atoms with Crippen LogP contribution in [0.25, 0.3) is 0 Å². The van der Waals surface area contributed by atoms with Crippen LogP contribution in [0.4, 0.5) is 5.82 Å². The topological polar surface area (TPSA) is 28.2 Å². The lowest BCUT2D eigenvalue weighted by Crippen LogP contribution is -2.32. The molecule has 2 rings (SSSR count). The average molecular weight is 233 g/mol. The Morgan fingerprint density at radius 2 is 2.24 bits per heavy atom. The van der Waals surface area contributed by atoms with Gasteiger partial charge in [-0.25, -0.2) is 4.98 Å². The van der Waals surface area contributed by atoms with Gasteiger partial charge >= 0.3 is 0 Å². The molecule has 0 saturated heterocycles. The van der Waals surface area contributed by atoms with Crippen LogP contribution in [0.5, 0.6) is 0 Å². The Bertz CT molecular complexity index is 358. The van der Waals surface area contributed by atoms with Gasteiger partial charge in [0.05, 0.1) is 0 Å². The van der Waals surface area contributed by atoms with E-state index in [4.69, 9.17) is 0 Å². The number of aromatic nitrogens is 1. The minimum Gasteiger partial charge on any atom is -0.373 e. The Hall–Kier alpha value is -1.09. The standard InChI is InChI=1S/C14H23N3/c1-11(2)17(9-12-6-7-12)10-13-5-4-8-16-14(13)15-3/h4-5,8,11-12H,6-7,9-10H2,1-3H3,(H,15,16). The van der Waals surface area contributed by atoms with Crippen LogP contribution in [-0.4, -0.2) is 29.5 Å². The summed E-state index contributed by atoms with van der Waals surface area (Å²) in [4.78, 5) is 6.92. The van der Waals surface area contributed by atoms with E-state index in [-0.39, 0.29) is 0 Å². The zero-order chi connectivity index (χ0) is 12.3. The van der Waals surface area contributed by atoms with E-state index in [1.54, 1.807) is 0 Å². The Morgan fingerprint density at radius 1 is 1.47 bits per heavy atom. The summed E-state index contributed by atoms with van der Waals surface area (Å²) in [6.07, 6.45) is 4.67. The van der Waals surface area contributed by atoms with Gasteiger partial charge in [0, 0.05) is 37.9 Å². The molecule has 1 aliphatic carbocycles. The van der Waals surface area contributed by atoms with Crippen LogP contribution in [0.1, 0.15) is 32.3 Å². The van der Waals surface area contributed by atoms with E-state index < -0.39 is 0 Å². The van der Waals surface area contributed by atoms with Gasteiger partial charge in [0.1, 0.15) is 5.82 Å². The molecule has 3 nitrogen and oxygen atoms in total. The molecule has 0 aromatic carbocycles. The second-order valence-corrected chi connectivity index (χ2v) is 5.23. The predicted molar refractivity (Wildman–Crippen MR) is 72.1 cm³/mol. The fraction of sp³-hybridized carbons (Fsp3) is 0.643. The highest BCUT2D eigenvalue weighted by molar-refractivity contribution is 5.42. The summed E-state index contributed by atoms with van der Waals surface area (Å²) in [6, 6.07) is 4.79. The molecule has 1 aromatic heterocycles. The van der Waals surface area contributed by atoms with Crippen LogP contribution in [-0.2, 0) is 6.54 Å². The molecule has 94 valence electrons. The number of rotatable bonds is 6. The zero-order valence-corrected chi connectivity index (χ0v) is 11.1. The molecule has 1 aromatic rings. The number of nitrogens with one attached hydrogen (secondary N) is 1. The van der Waals surface area contributed by atoms with Crippen LogP contribution in [0.2, 0.25) is 0 Å². The minimum atomic E-state index is 0.598. The maximum absolute atomic E-state index is 4.37. The van der Waals surface area contributed by atoms with E-state index in [2.05, 4.69) is 35.1 Å². The SMILES string of the molecule is CNc1ncccc1CN(CC1CC1)C(C)C. The Balaban J connectivity index is 2.04. The summed E-state index contributed by atoms with van der Waals surface area (Å²) < 4.78 is 0. The Morgan fingerprint density at radius 3 is 2.82 bits per heavy atom. The normalized spacial score (nSPS) is 15.6. The van der Waals surface area contributed by atoms with Crippen LogP contribution in [0.3, 0.4) is 0 Å². The monoisotopic (exact) mass is 233 g/mol. The van der Waals surface area contributed by atoms with E-state index in [9.17, 15) is 0 Å². The molecule has 0 radical (unpaired) electrons. The summed E-state index contributed by atoms with van der Waals surface area (Å²) in [5.41, 5.74) is 1.30. The summed E-state index contributed by atoms with van der Waals surface area (Å²) >= 11 is 0. The predicted octanol–water partition coefficient (Wildman–Crippen LogP) is 2.74. The van der Waals surface area contributed by atoms with Crippen molar-refractivity contribution in [1.82, 2.24) is 9.88 Å². The number of hydrogen-bond donors (Lipinski definition) is 1. The van der Waals surface area contributed by atoms with Crippen molar-refractivity contribution in [1.29, 1.82) is 0 Å². The third kappa shape index (κ3) is 3.43. The summed E-state index contributed by atoms with van der Waals surface area (Å²) in [5, 5.41) is 3.17. The maximum atomic E-state index is 4.37. The van der Waals surface area contributed by atoms with E-state index in [0.29, 0.717) is 6.04 Å². The molecule has 0 bridgehead atoms. The van der Waals surface area contributed by atoms with Crippen molar-refractivity contribution in [2.45, 2.75) is 39.3 Å². The highest BCUT2D eigenvalue weighted by atomic mass is 15.2. The summed E-state index contributed by atoms with van der Waals surface area (Å²) in [6.45, 7) is 6.78. The molecule has 0 unspecified atom stereocenters. The van der Waals surface area contributed by atoms with Crippen molar-refractivity contribution in [2.75, 3.05) is 18.9 Å². The molecule has 1 fully saturated rings. The minimum absolute atomic E-state index is 0.598. The maximum Gasteiger partial charge on any atom is 0.130 e. The first-order valence-electron chi connectivity index (χ1n) is 6.56. The average Bonchev–Trinajstić information content (AvgIpc) is 3.12. The highest BCUT2D eigenvalue weighted by Crippen LogP contribution is 2.31. The Kier molecular flexibility index (Phi) is 4.00. The largest absolute Gasteiger partial charge is 0.373 e. The van der Waals surface area contributed by atoms with Gasteiger partial charge in [0.25, 0.3) is 0 Å². The first-order valence-corrected chi connectivity index (χ1v) is 6.56. The smallest absolute Gasteiger partial charge is 0.130 e. The van der Waals surface area contributed by atoms with Crippen molar-refractivity contribution >= 4 is 5.82 Å². The molecule has 17 heavy (non-hydrogen) atoms. The van der Waals surface area contributed by atoms with Gasteiger partial charge < -0.3 is 5.32 Å². The second-order valence-electron chi connectivity index (χ2n) is 5.23. The molecule has 0 amide bonds. The van der Waals surface area contributed by atoms with Crippen LogP contribution < -0.4 is 5.32 Å². The van der Waals surface area contributed by atoms with E-state index in [1.807, 2.05) is 19.3 Å². The molecule has 1 N–H and O–H groups in total. The molecule has 1 aliphatic rings.